The number of hydrogen-bond acceptors (Lipinski definition) is 2. The highest BCUT2D eigenvalue weighted by atomic mass is 15.2. The maximum Gasteiger partial charge on any atom is 0.0164 e. The molecular weight excluding hydrogens is 172 g/mol. The molecule has 0 atom stereocenters. The summed E-state index contributed by atoms with van der Waals surface area (Å²) in [5.74, 6) is 0. The van der Waals surface area contributed by atoms with E-state index in [0.717, 1.165) is 19.6 Å². The molecule has 0 saturated carbocycles. The molecule has 0 spiro atoms. The second-order valence-electron chi connectivity index (χ2n) is 5.29. The van der Waals surface area contributed by atoms with Gasteiger partial charge in [-0.2, -0.15) is 0 Å². The van der Waals surface area contributed by atoms with Gasteiger partial charge in [-0.15, -0.1) is 0 Å². The maximum absolute atomic E-state index is 3.36. The summed E-state index contributed by atoms with van der Waals surface area (Å²) < 4.78 is 0. The third-order valence-corrected chi connectivity index (χ3v) is 2.47. The SMILES string of the molecule is CC(C)(C)C/C=C\CN1CCNCC1. The summed E-state index contributed by atoms with van der Waals surface area (Å²) in [6, 6.07) is 0. The van der Waals surface area contributed by atoms with Crippen molar-refractivity contribution in [2.45, 2.75) is 27.2 Å². The molecule has 1 aliphatic rings. The number of piperazine rings is 1. The first-order valence-electron chi connectivity index (χ1n) is 5.66. The molecule has 1 N–H and O–H groups in total. The molecule has 2 heteroatoms. The van der Waals surface area contributed by atoms with Gasteiger partial charge in [-0.05, 0) is 11.8 Å². The standard InChI is InChI=1S/C12H24N2/c1-12(2,3)6-4-5-9-14-10-7-13-8-11-14/h4-5,13H,6-11H2,1-3H3/b5-4-. The Hall–Kier alpha value is -0.340. The molecule has 1 rings (SSSR count). The van der Waals surface area contributed by atoms with Crippen molar-refractivity contribution in [1.82, 2.24) is 10.2 Å². The van der Waals surface area contributed by atoms with E-state index in [2.05, 4.69) is 43.1 Å². The smallest absolute Gasteiger partial charge is 0.0164 e. The predicted molar refractivity (Wildman–Crippen MR) is 62.5 cm³/mol. The molecule has 1 fully saturated rings. The number of allylic oxidation sites excluding steroid dienone is 1. The number of hydrogen-bond donors (Lipinski definition) is 1. The largest absolute Gasteiger partial charge is 0.314 e. The van der Waals surface area contributed by atoms with Gasteiger partial charge in [0.05, 0.1) is 0 Å². The van der Waals surface area contributed by atoms with Crippen LogP contribution in [0, 0.1) is 5.41 Å². The molecule has 82 valence electrons. The second kappa shape index (κ2) is 5.52. The first-order chi connectivity index (χ1) is 6.58. The van der Waals surface area contributed by atoms with Crippen LogP contribution in [0.1, 0.15) is 27.2 Å². The van der Waals surface area contributed by atoms with E-state index in [0.29, 0.717) is 5.41 Å². The van der Waals surface area contributed by atoms with Crippen LogP contribution in [0.4, 0.5) is 0 Å². The topological polar surface area (TPSA) is 15.3 Å². The van der Waals surface area contributed by atoms with Crippen molar-refractivity contribution >= 4 is 0 Å². The van der Waals surface area contributed by atoms with Crippen LogP contribution in [0.5, 0.6) is 0 Å². The minimum atomic E-state index is 0.431. The molecule has 1 saturated heterocycles. The van der Waals surface area contributed by atoms with E-state index in [4.69, 9.17) is 0 Å². The highest BCUT2D eigenvalue weighted by Crippen LogP contribution is 2.18. The van der Waals surface area contributed by atoms with Gasteiger partial charge in [-0.1, -0.05) is 32.9 Å². The van der Waals surface area contributed by atoms with Crippen LogP contribution in [0.3, 0.4) is 0 Å². The van der Waals surface area contributed by atoms with E-state index < -0.39 is 0 Å². The van der Waals surface area contributed by atoms with Crippen molar-refractivity contribution in [3.05, 3.63) is 12.2 Å². The van der Waals surface area contributed by atoms with Crippen molar-refractivity contribution in [1.29, 1.82) is 0 Å². The Balaban J connectivity index is 2.12. The lowest BCUT2D eigenvalue weighted by Gasteiger charge is -2.25. The van der Waals surface area contributed by atoms with Crippen molar-refractivity contribution in [2.75, 3.05) is 32.7 Å². The van der Waals surface area contributed by atoms with Gasteiger partial charge in [0.25, 0.3) is 0 Å². The van der Waals surface area contributed by atoms with Crippen LogP contribution in [0.25, 0.3) is 0 Å². The monoisotopic (exact) mass is 196 g/mol. The molecule has 0 aromatic rings. The van der Waals surface area contributed by atoms with Gasteiger partial charge in [0, 0.05) is 32.7 Å². The zero-order valence-corrected chi connectivity index (χ0v) is 9.84. The summed E-state index contributed by atoms with van der Waals surface area (Å²) in [6.45, 7) is 12.6. The van der Waals surface area contributed by atoms with Gasteiger partial charge in [-0.25, -0.2) is 0 Å². The number of rotatable bonds is 3. The van der Waals surface area contributed by atoms with Crippen LogP contribution in [-0.2, 0) is 0 Å². The van der Waals surface area contributed by atoms with Gasteiger partial charge in [0.15, 0.2) is 0 Å². The fourth-order valence-corrected chi connectivity index (χ4v) is 1.55. The van der Waals surface area contributed by atoms with Crippen LogP contribution in [-0.4, -0.2) is 37.6 Å². The second-order valence-corrected chi connectivity index (χ2v) is 5.29. The molecule has 0 aliphatic carbocycles. The van der Waals surface area contributed by atoms with E-state index in [9.17, 15) is 0 Å². The number of nitrogens with one attached hydrogen (secondary N) is 1. The predicted octanol–water partition coefficient (Wildman–Crippen LogP) is 1.88. The van der Waals surface area contributed by atoms with Crippen molar-refractivity contribution < 1.29 is 0 Å². The van der Waals surface area contributed by atoms with Gasteiger partial charge < -0.3 is 5.32 Å². The van der Waals surface area contributed by atoms with E-state index in [1.54, 1.807) is 0 Å². The minimum Gasteiger partial charge on any atom is -0.314 e. The molecule has 1 heterocycles. The van der Waals surface area contributed by atoms with Crippen LogP contribution < -0.4 is 5.32 Å². The Morgan fingerprint density at radius 1 is 1.14 bits per heavy atom. The van der Waals surface area contributed by atoms with Crippen LogP contribution in [0.15, 0.2) is 12.2 Å². The molecular formula is C12H24N2. The number of nitrogens with zero attached hydrogens (tertiary/aromatic N) is 1. The highest BCUT2D eigenvalue weighted by Gasteiger charge is 2.08. The molecule has 14 heavy (non-hydrogen) atoms. The molecule has 0 amide bonds. The Morgan fingerprint density at radius 2 is 1.79 bits per heavy atom. The molecule has 0 aromatic carbocycles. The lowest BCUT2D eigenvalue weighted by molar-refractivity contribution is 0.264. The fraction of sp³-hybridized carbons (Fsp3) is 0.833. The van der Waals surface area contributed by atoms with E-state index in [1.165, 1.54) is 19.5 Å². The summed E-state index contributed by atoms with van der Waals surface area (Å²) in [4.78, 5) is 2.50. The van der Waals surface area contributed by atoms with Crippen molar-refractivity contribution in [3.63, 3.8) is 0 Å². The summed E-state index contributed by atoms with van der Waals surface area (Å²) in [6.07, 6.45) is 5.82. The average molecular weight is 196 g/mol. The summed E-state index contributed by atoms with van der Waals surface area (Å²) in [5.41, 5.74) is 0.431. The van der Waals surface area contributed by atoms with Crippen molar-refractivity contribution in [3.8, 4) is 0 Å². The zero-order valence-electron chi connectivity index (χ0n) is 9.84. The summed E-state index contributed by atoms with van der Waals surface area (Å²) in [5, 5.41) is 3.36. The summed E-state index contributed by atoms with van der Waals surface area (Å²) >= 11 is 0. The van der Waals surface area contributed by atoms with Crippen molar-refractivity contribution in [2.24, 2.45) is 5.41 Å². The average Bonchev–Trinajstić information content (AvgIpc) is 2.13. The van der Waals surface area contributed by atoms with Gasteiger partial charge in [-0.3, -0.25) is 4.90 Å². The quantitative estimate of drug-likeness (QED) is 0.693. The van der Waals surface area contributed by atoms with Gasteiger partial charge in [0.1, 0.15) is 0 Å². The Kier molecular flexibility index (Phi) is 4.63. The molecule has 0 radical (unpaired) electrons. The van der Waals surface area contributed by atoms with Crippen LogP contribution >= 0.6 is 0 Å². The Labute approximate surface area is 88.4 Å². The Bertz CT molecular complexity index is 173. The van der Waals surface area contributed by atoms with E-state index in [-0.39, 0.29) is 0 Å². The lowest BCUT2D eigenvalue weighted by Crippen LogP contribution is -2.43. The zero-order chi connectivity index (χ0) is 10.4. The Morgan fingerprint density at radius 3 is 2.36 bits per heavy atom. The molecule has 0 aromatic heterocycles. The highest BCUT2D eigenvalue weighted by molar-refractivity contribution is 4.89. The molecule has 0 bridgehead atoms. The van der Waals surface area contributed by atoms with E-state index in [1.807, 2.05) is 0 Å². The summed E-state index contributed by atoms with van der Waals surface area (Å²) in [7, 11) is 0. The van der Waals surface area contributed by atoms with Gasteiger partial charge in [0.2, 0.25) is 0 Å². The van der Waals surface area contributed by atoms with Gasteiger partial charge >= 0.3 is 0 Å². The maximum atomic E-state index is 3.36. The fourth-order valence-electron chi connectivity index (χ4n) is 1.55. The third kappa shape index (κ3) is 5.40. The third-order valence-electron chi connectivity index (χ3n) is 2.47. The molecule has 2 nitrogen and oxygen atoms in total. The van der Waals surface area contributed by atoms with E-state index >= 15 is 0 Å². The van der Waals surface area contributed by atoms with Crippen LogP contribution in [0.2, 0.25) is 0 Å². The normalized spacial score (nSPS) is 20.5. The first kappa shape index (κ1) is 11.7. The molecule has 1 aliphatic heterocycles. The minimum absolute atomic E-state index is 0.431. The molecule has 0 unspecified atom stereocenters. The first-order valence-corrected chi connectivity index (χ1v) is 5.66. The lowest BCUT2D eigenvalue weighted by atomic mass is 9.92.